The predicted octanol–water partition coefficient (Wildman–Crippen LogP) is 3.75. The molecule has 2 fully saturated rings. The lowest BCUT2D eigenvalue weighted by atomic mass is 9.80. The Bertz CT molecular complexity index is 637. The van der Waals surface area contributed by atoms with Gasteiger partial charge >= 0.3 is 6.09 Å². The average Bonchev–Trinajstić information content (AvgIpc) is 2.53. The first kappa shape index (κ1) is 15.9. The molecule has 1 heterocycles. The molecule has 1 aromatic rings. The molecule has 124 valence electrons. The number of ether oxygens (including phenoxy) is 1. The molecule has 1 aliphatic heterocycles. The van der Waals surface area contributed by atoms with Crippen LogP contribution in [0.15, 0.2) is 18.2 Å². The highest BCUT2D eigenvalue weighted by Gasteiger charge is 2.44. The molecule has 1 saturated carbocycles. The normalized spacial score (nSPS) is 22.1. The monoisotopic (exact) mass is 323 g/mol. The number of hydrogen-bond donors (Lipinski definition) is 0. The zero-order chi connectivity index (χ0) is 16.6. The summed E-state index contributed by atoms with van der Waals surface area (Å²) in [6.07, 6.45) is 2.25. The lowest BCUT2D eigenvalue weighted by Gasteiger charge is -2.44. The van der Waals surface area contributed by atoms with E-state index in [4.69, 9.17) is 4.74 Å². The van der Waals surface area contributed by atoms with E-state index in [-0.39, 0.29) is 5.78 Å². The van der Waals surface area contributed by atoms with E-state index in [1.54, 1.807) is 6.92 Å². The molecule has 1 amide bonds. The highest BCUT2D eigenvalue weighted by atomic mass is 19.2. The Morgan fingerprint density at radius 3 is 2.43 bits per heavy atom. The molecule has 0 bridgehead atoms. The number of carbonyl (C=O) groups is 2. The highest BCUT2D eigenvalue weighted by Crippen LogP contribution is 2.38. The van der Waals surface area contributed by atoms with Gasteiger partial charge in [-0.15, -0.1) is 0 Å². The minimum absolute atomic E-state index is 0.212. The molecule has 6 heteroatoms. The molecule has 2 aliphatic rings. The summed E-state index contributed by atoms with van der Waals surface area (Å²) in [5.41, 5.74) is -0.00876. The summed E-state index contributed by atoms with van der Waals surface area (Å²) in [4.78, 5) is 25.3. The number of carbonyl (C=O) groups excluding carboxylic acids is 2. The van der Waals surface area contributed by atoms with Crippen LogP contribution in [0.25, 0.3) is 0 Å². The van der Waals surface area contributed by atoms with Crippen LogP contribution >= 0.6 is 0 Å². The molecule has 3 rings (SSSR count). The maximum atomic E-state index is 13.4. The highest BCUT2D eigenvalue weighted by molar-refractivity contribution is 5.80. The third-order valence-corrected chi connectivity index (χ3v) is 4.96. The van der Waals surface area contributed by atoms with E-state index in [2.05, 4.69) is 0 Å². The summed E-state index contributed by atoms with van der Waals surface area (Å²) >= 11 is 0. The van der Waals surface area contributed by atoms with Gasteiger partial charge in [0, 0.05) is 25.8 Å². The molecule has 0 aromatic heterocycles. The van der Waals surface area contributed by atoms with Crippen LogP contribution < -0.4 is 0 Å². The van der Waals surface area contributed by atoms with Gasteiger partial charge < -0.3 is 9.64 Å². The molecule has 1 atom stereocenters. The second-order valence-electron chi connectivity index (χ2n) is 6.38. The number of benzene rings is 1. The summed E-state index contributed by atoms with van der Waals surface area (Å²) in [5, 5.41) is 0. The predicted molar refractivity (Wildman–Crippen MR) is 78.8 cm³/mol. The van der Waals surface area contributed by atoms with Crippen LogP contribution in [0.2, 0.25) is 0 Å². The van der Waals surface area contributed by atoms with Crippen molar-refractivity contribution in [1.29, 1.82) is 0 Å². The number of Topliss-reactive ketones (excluding diaryl/α,β-unsaturated/α-hetero) is 1. The number of hydrogen-bond acceptors (Lipinski definition) is 3. The first-order valence-corrected chi connectivity index (χ1v) is 7.86. The Morgan fingerprint density at radius 1 is 1.13 bits per heavy atom. The minimum atomic E-state index is -0.929. The van der Waals surface area contributed by atoms with E-state index in [0.717, 1.165) is 12.1 Å². The molecule has 1 saturated heterocycles. The maximum Gasteiger partial charge on any atom is 0.410 e. The van der Waals surface area contributed by atoms with Gasteiger partial charge in [-0.2, -0.15) is 0 Å². The second-order valence-corrected chi connectivity index (χ2v) is 6.38. The summed E-state index contributed by atoms with van der Waals surface area (Å²) in [6.45, 7) is 2.24. The van der Waals surface area contributed by atoms with Gasteiger partial charge in [-0.05, 0) is 37.5 Å². The van der Waals surface area contributed by atoms with Crippen LogP contribution in [0.5, 0.6) is 0 Å². The fourth-order valence-electron chi connectivity index (χ4n) is 3.35. The van der Waals surface area contributed by atoms with E-state index < -0.39 is 29.4 Å². The summed E-state index contributed by atoms with van der Waals surface area (Å²) in [7, 11) is 0. The van der Waals surface area contributed by atoms with Crippen molar-refractivity contribution in [1.82, 2.24) is 4.90 Å². The summed E-state index contributed by atoms with van der Waals surface area (Å²) < 4.78 is 32.1. The van der Waals surface area contributed by atoms with E-state index in [9.17, 15) is 18.4 Å². The van der Waals surface area contributed by atoms with Gasteiger partial charge in [-0.1, -0.05) is 6.07 Å². The van der Waals surface area contributed by atoms with Gasteiger partial charge in [0.2, 0.25) is 0 Å². The number of rotatable bonds is 2. The standard InChI is InChI=1S/C17H19F2NO3/c1-11(12-2-3-14(18)15(19)10-12)20-9-8-17(23-16(20)22)6-4-13(21)5-7-17/h2-3,10-11H,4-9H2,1H3. The largest absolute Gasteiger partial charge is 0.443 e. The fraction of sp³-hybridized carbons (Fsp3) is 0.529. The zero-order valence-corrected chi connectivity index (χ0v) is 13.0. The van der Waals surface area contributed by atoms with Crippen molar-refractivity contribution >= 4 is 11.9 Å². The van der Waals surface area contributed by atoms with Gasteiger partial charge in [0.05, 0.1) is 6.04 Å². The number of amides is 1. The van der Waals surface area contributed by atoms with Crippen molar-refractivity contribution in [2.24, 2.45) is 0 Å². The zero-order valence-electron chi connectivity index (χ0n) is 13.0. The van der Waals surface area contributed by atoms with E-state index in [1.807, 2.05) is 0 Å². The third-order valence-electron chi connectivity index (χ3n) is 4.96. The molecular weight excluding hydrogens is 304 g/mol. The van der Waals surface area contributed by atoms with Crippen LogP contribution in [0.3, 0.4) is 0 Å². The molecule has 1 unspecified atom stereocenters. The Balaban J connectivity index is 1.71. The SMILES string of the molecule is CC(c1ccc(F)c(F)c1)N1CCC2(CCC(=O)CC2)OC1=O. The van der Waals surface area contributed by atoms with Crippen molar-refractivity contribution in [2.75, 3.05) is 6.54 Å². The van der Waals surface area contributed by atoms with E-state index in [0.29, 0.717) is 44.2 Å². The number of nitrogens with zero attached hydrogens (tertiary/aromatic N) is 1. The maximum absolute atomic E-state index is 13.4. The van der Waals surface area contributed by atoms with Gasteiger partial charge in [-0.25, -0.2) is 13.6 Å². The smallest absolute Gasteiger partial charge is 0.410 e. The lowest BCUT2D eigenvalue weighted by molar-refractivity contribution is -0.129. The Labute approximate surface area is 133 Å². The fourth-order valence-corrected chi connectivity index (χ4v) is 3.35. The third kappa shape index (κ3) is 3.07. The molecule has 1 aromatic carbocycles. The molecule has 1 spiro atoms. The van der Waals surface area contributed by atoms with Crippen LogP contribution in [-0.2, 0) is 9.53 Å². The van der Waals surface area contributed by atoms with Crippen molar-refractivity contribution in [3.05, 3.63) is 35.4 Å². The average molecular weight is 323 g/mol. The molecule has 0 radical (unpaired) electrons. The van der Waals surface area contributed by atoms with Gasteiger partial charge in [-0.3, -0.25) is 4.79 Å². The molecule has 4 nitrogen and oxygen atoms in total. The molecule has 1 aliphatic carbocycles. The van der Waals surface area contributed by atoms with E-state index in [1.165, 1.54) is 11.0 Å². The Morgan fingerprint density at radius 2 is 1.83 bits per heavy atom. The van der Waals surface area contributed by atoms with Crippen molar-refractivity contribution in [3.8, 4) is 0 Å². The Hall–Kier alpha value is -1.98. The van der Waals surface area contributed by atoms with Crippen molar-refractivity contribution in [3.63, 3.8) is 0 Å². The van der Waals surface area contributed by atoms with Gasteiger partial charge in [0.15, 0.2) is 11.6 Å². The van der Waals surface area contributed by atoms with Crippen LogP contribution in [0.1, 0.15) is 50.6 Å². The minimum Gasteiger partial charge on any atom is -0.443 e. The summed E-state index contributed by atoms with van der Waals surface area (Å²) in [5.74, 6) is -1.63. The molecular formula is C17H19F2NO3. The van der Waals surface area contributed by atoms with Crippen LogP contribution in [0, 0.1) is 11.6 Å². The van der Waals surface area contributed by atoms with Crippen LogP contribution in [0.4, 0.5) is 13.6 Å². The first-order chi connectivity index (χ1) is 10.9. The van der Waals surface area contributed by atoms with Crippen molar-refractivity contribution < 1.29 is 23.1 Å². The summed E-state index contributed by atoms with van der Waals surface area (Å²) in [6, 6.07) is 3.24. The molecule has 23 heavy (non-hydrogen) atoms. The Kier molecular flexibility index (Phi) is 4.08. The first-order valence-electron chi connectivity index (χ1n) is 7.86. The second kappa shape index (κ2) is 5.91. The van der Waals surface area contributed by atoms with E-state index >= 15 is 0 Å². The van der Waals surface area contributed by atoms with Crippen molar-refractivity contribution in [2.45, 2.75) is 50.7 Å². The number of halogens is 2. The topological polar surface area (TPSA) is 46.6 Å². The lowest BCUT2D eigenvalue weighted by Crippen LogP contribution is -2.51. The van der Waals surface area contributed by atoms with Gasteiger partial charge in [0.25, 0.3) is 0 Å². The van der Waals surface area contributed by atoms with Gasteiger partial charge in [0.1, 0.15) is 11.4 Å². The quantitative estimate of drug-likeness (QED) is 0.833. The number of ketones is 1. The van der Waals surface area contributed by atoms with Crippen LogP contribution in [-0.4, -0.2) is 28.9 Å². The molecule has 0 N–H and O–H groups in total.